The van der Waals surface area contributed by atoms with Crippen LogP contribution in [0.1, 0.15) is 33.3 Å². The molecule has 0 atom stereocenters. The van der Waals surface area contributed by atoms with Gasteiger partial charge in [0, 0.05) is 18.0 Å². The Morgan fingerprint density at radius 3 is 2.59 bits per heavy atom. The number of benzene rings is 1. The van der Waals surface area contributed by atoms with E-state index in [-0.39, 0.29) is 23.9 Å². The highest BCUT2D eigenvalue weighted by Crippen LogP contribution is 2.28. The molecule has 0 spiro atoms. The van der Waals surface area contributed by atoms with Gasteiger partial charge in [-0.05, 0) is 30.7 Å². The number of H-pyrrole nitrogens is 1. The zero-order chi connectivity index (χ0) is 21.6. The maximum atomic E-state index is 12.2. The van der Waals surface area contributed by atoms with Crippen LogP contribution < -0.4 is 29.5 Å². The second-order valence-corrected chi connectivity index (χ2v) is 8.42. The maximum absolute atomic E-state index is 12.2. The van der Waals surface area contributed by atoms with E-state index in [2.05, 4.69) is 10.3 Å². The molecule has 7 nitrogen and oxygen atoms in total. The van der Waals surface area contributed by atoms with Gasteiger partial charge in [0.15, 0.2) is 23.9 Å². The summed E-state index contributed by atoms with van der Waals surface area (Å²) in [4.78, 5) is 38.6. The van der Waals surface area contributed by atoms with Crippen LogP contribution in [0.2, 0.25) is 0 Å². The van der Waals surface area contributed by atoms with Gasteiger partial charge in [0.2, 0.25) is 0 Å². The number of nitrogens with one attached hydrogen (secondary N) is 2. The predicted octanol–water partition coefficient (Wildman–Crippen LogP) is 1.18. The number of methoxy groups -OCH3 is 1. The average Bonchev–Trinajstić information content (AvgIpc) is 2.98. The third-order valence-corrected chi connectivity index (χ3v) is 4.86. The van der Waals surface area contributed by atoms with Gasteiger partial charge in [0.1, 0.15) is 0 Å². The van der Waals surface area contributed by atoms with Crippen LogP contribution in [-0.2, 0) is 9.59 Å². The number of hydrogen-bond donors (Lipinski definition) is 2. The molecule has 0 aliphatic rings. The van der Waals surface area contributed by atoms with Crippen LogP contribution in [0.15, 0.2) is 23.0 Å². The highest BCUT2D eigenvalue weighted by molar-refractivity contribution is 7.07. The summed E-state index contributed by atoms with van der Waals surface area (Å²) in [5.41, 5.74) is -0.0473. The molecule has 2 rings (SSSR count). The van der Waals surface area contributed by atoms with Crippen LogP contribution in [-0.4, -0.2) is 36.9 Å². The van der Waals surface area contributed by atoms with Crippen molar-refractivity contribution in [2.24, 2.45) is 5.41 Å². The van der Waals surface area contributed by atoms with Gasteiger partial charge in [0.05, 0.1) is 16.3 Å². The number of hydrogen-bond acceptors (Lipinski definition) is 6. The molecule has 0 radical (unpaired) electrons. The lowest BCUT2D eigenvalue weighted by atomic mass is 9.91. The average molecular weight is 419 g/mol. The van der Waals surface area contributed by atoms with E-state index >= 15 is 0 Å². The molecule has 29 heavy (non-hydrogen) atoms. The minimum atomic E-state index is -0.512. The highest BCUT2D eigenvalue weighted by Gasteiger charge is 2.18. The van der Waals surface area contributed by atoms with Gasteiger partial charge in [0.25, 0.3) is 11.5 Å². The zero-order valence-corrected chi connectivity index (χ0v) is 18.1. The van der Waals surface area contributed by atoms with E-state index in [0.29, 0.717) is 27.2 Å². The number of aromatic nitrogens is 1. The number of ketones is 1. The fraction of sp³-hybridized carbons (Fsp3) is 0.381. The van der Waals surface area contributed by atoms with E-state index in [9.17, 15) is 14.4 Å². The largest absolute Gasteiger partial charge is 0.493 e. The van der Waals surface area contributed by atoms with Gasteiger partial charge in [-0.3, -0.25) is 14.4 Å². The molecular weight excluding hydrogens is 392 g/mol. The Balaban J connectivity index is 2.31. The molecule has 0 saturated heterocycles. The molecule has 2 aromatic rings. The molecule has 0 aliphatic heterocycles. The molecule has 156 valence electrons. The lowest BCUT2D eigenvalue weighted by Gasteiger charge is -2.12. The number of amides is 1. The van der Waals surface area contributed by atoms with Gasteiger partial charge in [-0.2, -0.15) is 0 Å². The molecule has 1 heterocycles. The van der Waals surface area contributed by atoms with Crippen molar-refractivity contribution in [2.75, 3.05) is 20.3 Å². The van der Waals surface area contributed by atoms with E-state index in [0.717, 1.165) is 5.56 Å². The number of rotatable bonds is 7. The van der Waals surface area contributed by atoms with E-state index in [1.165, 1.54) is 24.5 Å². The standard InChI is InChI=1S/C21H26N2O5S/c1-6-22-18(25)12-28-14-8-7-13(9-15(14)27-5)10-16-20(26)23-19(29-16)11-17(24)21(2,3)4/h7-11H,6,12H2,1-5H3,(H,22,25)(H,23,26)/b16-10+,19-11+. The van der Waals surface area contributed by atoms with E-state index in [4.69, 9.17) is 9.47 Å². The second-order valence-electron chi connectivity index (χ2n) is 7.34. The number of carbonyl (C=O) groups excluding carboxylic acids is 2. The molecule has 2 N–H and O–H groups in total. The Morgan fingerprint density at radius 1 is 1.24 bits per heavy atom. The Bertz CT molecular complexity index is 1060. The van der Waals surface area contributed by atoms with Crippen molar-refractivity contribution >= 4 is 35.2 Å². The molecule has 1 aromatic heterocycles. The Labute approximate surface area is 173 Å². The fourth-order valence-electron chi connectivity index (χ4n) is 2.30. The number of aromatic amines is 1. The van der Waals surface area contributed by atoms with Crippen molar-refractivity contribution in [3.05, 3.63) is 43.3 Å². The summed E-state index contributed by atoms with van der Waals surface area (Å²) < 4.78 is 11.8. The molecule has 0 saturated carbocycles. The molecule has 1 aromatic carbocycles. The minimum Gasteiger partial charge on any atom is -0.493 e. The highest BCUT2D eigenvalue weighted by atomic mass is 32.1. The molecule has 0 bridgehead atoms. The van der Waals surface area contributed by atoms with Gasteiger partial charge in [-0.1, -0.05) is 26.8 Å². The third kappa shape index (κ3) is 6.32. The predicted molar refractivity (Wildman–Crippen MR) is 114 cm³/mol. The van der Waals surface area contributed by atoms with Crippen molar-refractivity contribution < 1.29 is 19.1 Å². The lowest BCUT2D eigenvalue weighted by Crippen LogP contribution is -2.28. The summed E-state index contributed by atoms with van der Waals surface area (Å²) >= 11 is 1.21. The Morgan fingerprint density at radius 2 is 1.97 bits per heavy atom. The Kier molecular flexibility index (Phi) is 7.39. The summed E-state index contributed by atoms with van der Waals surface area (Å²) in [6, 6.07) is 5.16. The van der Waals surface area contributed by atoms with Crippen LogP contribution in [0.4, 0.5) is 0 Å². The quantitative estimate of drug-likeness (QED) is 0.704. The summed E-state index contributed by atoms with van der Waals surface area (Å²) in [5, 5.41) is 2.65. The van der Waals surface area contributed by atoms with Crippen molar-refractivity contribution in [1.29, 1.82) is 0 Å². The number of thiazole rings is 1. The van der Waals surface area contributed by atoms with Crippen LogP contribution in [0, 0.1) is 5.41 Å². The van der Waals surface area contributed by atoms with Gasteiger partial charge >= 0.3 is 0 Å². The van der Waals surface area contributed by atoms with Crippen molar-refractivity contribution in [3.8, 4) is 11.5 Å². The Hall–Kier alpha value is -2.87. The van der Waals surface area contributed by atoms with Crippen LogP contribution >= 0.6 is 11.3 Å². The molecule has 8 heteroatoms. The smallest absolute Gasteiger partial charge is 0.266 e. The first-order valence-corrected chi connectivity index (χ1v) is 10.00. The lowest BCUT2D eigenvalue weighted by molar-refractivity contribution is -0.123. The van der Waals surface area contributed by atoms with Gasteiger partial charge in [-0.25, -0.2) is 0 Å². The normalized spacial score (nSPS) is 12.7. The summed E-state index contributed by atoms with van der Waals surface area (Å²) in [7, 11) is 1.50. The topological polar surface area (TPSA) is 97.5 Å². The van der Waals surface area contributed by atoms with E-state index in [1.54, 1.807) is 24.3 Å². The first-order valence-electron chi connectivity index (χ1n) is 9.18. The maximum Gasteiger partial charge on any atom is 0.266 e. The second kappa shape index (κ2) is 9.56. The molecule has 0 aliphatic carbocycles. The summed E-state index contributed by atoms with van der Waals surface area (Å²) in [6.07, 6.45) is 3.17. The first kappa shape index (κ1) is 22.4. The minimum absolute atomic E-state index is 0.0585. The van der Waals surface area contributed by atoms with Crippen LogP contribution in [0.3, 0.4) is 0 Å². The summed E-state index contributed by atoms with van der Waals surface area (Å²) in [5.74, 6) is 0.604. The van der Waals surface area contributed by atoms with E-state index in [1.807, 2.05) is 27.7 Å². The zero-order valence-electron chi connectivity index (χ0n) is 17.3. The number of carbonyl (C=O) groups is 2. The van der Waals surface area contributed by atoms with E-state index < -0.39 is 5.41 Å². The number of likely N-dealkylation sites (N-methyl/N-ethyl adjacent to an activating group) is 1. The summed E-state index contributed by atoms with van der Waals surface area (Å²) in [6.45, 7) is 7.73. The van der Waals surface area contributed by atoms with Gasteiger partial charge < -0.3 is 19.8 Å². The first-order chi connectivity index (χ1) is 13.6. The van der Waals surface area contributed by atoms with Crippen molar-refractivity contribution in [3.63, 3.8) is 0 Å². The number of Topliss-reactive ketones (excluding diaryl/α,β-unsaturated/α-hetero) is 1. The molecule has 0 unspecified atom stereocenters. The van der Waals surface area contributed by atoms with Crippen LogP contribution in [0.5, 0.6) is 11.5 Å². The molecule has 0 fully saturated rings. The van der Waals surface area contributed by atoms with Crippen LogP contribution in [0.25, 0.3) is 12.2 Å². The van der Waals surface area contributed by atoms with Crippen molar-refractivity contribution in [2.45, 2.75) is 27.7 Å². The van der Waals surface area contributed by atoms with Crippen molar-refractivity contribution in [1.82, 2.24) is 10.3 Å². The van der Waals surface area contributed by atoms with Gasteiger partial charge in [-0.15, -0.1) is 11.3 Å². The monoisotopic (exact) mass is 418 g/mol. The number of ether oxygens (including phenoxy) is 2. The third-order valence-electron chi connectivity index (χ3n) is 3.90. The fourth-order valence-corrected chi connectivity index (χ4v) is 3.18. The molecule has 1 amide bonds. The SMILES string of the molecule is CCNC(=O)COc1ccc(/C=c2/s/c(=C/C(=O)C(C)(C)C)[nH]c2=O)cc1OC. The molecular formula is C21H26N2O5S.